The van der Waals surface area contributed by atoms with Gasteiger partial charge in [-0.05, 0) is 31.5 Å². The first kappa shape index (κ1) is 14.4. The molecule has 3 heteroatoms. The molecule has 0 heterocycles. The quantitative estimate of drug-likeness (QED) is 0.825. The van der Waals surface area contributed by atoms with Gasteiger partial charge >= 0.3 is 0 Å². The Kier molecular flexibility index (Phi) is 4.28. The molecule has 2 aromatic rings. The van der Waals surface area contributed by atoms with E-state index in [4.69, 9.17) is 0 Å². The van der Waals surface area contributed by atoms with Gasteiger partial charge in [-0.25, -0.2) is 8.78 Å². The third kappa shape index (κ3) is 3.50. The predicted octanol–water partition coefficient (Wildman–Crippen LogP) is 3.94. The minimum atomic E-state index is -0.668. The van der Waals surface area contributed by atoms with Gasteiger partial charge in [0.25, 0.3) is 0 Å². The summed E-state index contributed by atoms with van der Waals surface area (Å²) in [5.74, 6) is -1.53. The molecule has 0 aliphatic rings. The molecule has 2 rings (SSSR count). The molecular weight excluding hydrogens is 258 g/mol. The highest BCUT2D eigenvalue weighted by Crippen LogP contribution is 2.15. The van der Waals surface area contributed by atoms with E-state index in [1.54, 1.807) is 0 Å². The Bertz CT molecular complexity index is 607. The maximum absolute atomic E-state index is 13.5. The fraction of sp³-hybridized carbons (Fsp3) is 0.235. The van der Waals surface area contributed by atoms with Crippen molar-refractivity contribution in [3.63, 3.8) is 0 Å². The summed E-state index contributed by atoms with van der Waals surface area (Å²) in [6.07, 6.45) is -0.0260. The Morgan fingerprint density at radius 3 is 2.05 bits per heavy atom. The Morgan fingerprint density at radius 1 is 0.950 bits per heavy atom. The molecule has 0 N–H and O–H groups in total. The lowest BCUT2D eigenvalue weighted by molar-refractivity contribution is -0.117. The van der Waals surface area contributed by atoms with Crippen molar-refractivity contribution in [1.29, 1.82) is 0 Å². The molecule has 0 radical (unpaired) electrons. The van der Waals surface area contributed by atoms with E-state index in [9.17, 15) is 13.6 Å². The average Bonchev–Trinajstić information content (AvgIpc) is 2.32. The first-order valence-electron chi connectivity index (χ1n) is 6.47. The summed E-state index contributed by atoms with van der Waals surface area (Å²) in [7, 11) is 0. The Labute approximate surface area is 117 Å². The number of halogens is 2. The van der Waals surface area contributed by atoms with E-state index in [0.29, 0.717) is 0 Å². The van der Waals surface area contributed by atoms with Crippen molar-refractivity contribution in [1.82, 2.24) is 0 Å². The van der Waals surface area contributed by atoms with Crippen LogP contribution in [0.3, 0.4) is 0 Å². The van der Waals surface area contributed by atoms with Gasteiger partial charge in [-0.3, -0.25) is 4.79 Å². The Hall–Kier alpha value is -2.03. The molecule has 0 bridgehead atoms. The van der Waals surface area contributed by atoms with Crippen molar-refractivity contribution in [3.8, 4) is 0 Å². The molecule has 104 valence electrons. The summed E-state index contributed by atoms with van der Waals surface area (Å²) >= 11 is 0. The second kappa shape index (κ2) is 5.95. The second-order valence-corrected chi connectivity index (χ2v) is 5.09. The van der Waals surface area contributed by atoms with Gasteiger partial charge in [-0.15, -0.1) is 0 Å². The third-order valence-corrected chi connectivity index (χ3v) is 3.12. The van der Waals surface area contributed by atoms with Crippen LogP contribution >= 0.6 is 0 Å². The number of hydrogen-bond acceptors (Lipinski definition) is 1. The summed E-state index contributed by atoms with van der Waals surface area (Å²) in [5.41, 5.74) is 2.88. The first-order chi connectivity index (χ1) is 9.45. The second-order valence-electron chi connectivity index (χ2n) is 5.09. The predicted molar refractivity (Wildman–Crippen MR) is 74.7 cm³/mol. The van der Waals surface area contributed by atoms with Crippen molar-refractivity contribution in [2.75, 3.05) is 0 Å². The minimum Gasteiger partial charge on any atom is -0.299 e. The highest BCUT2D eigenvalue weighted by molar-refractivity contribution is 5.83. The van der Waals surface area contributed by atoms with E-state index in [0.717, 1.165) is 16.7 Å². The number of ketones is 1. The van der Waals surface area contributed by atoms with Gasteiger partial charge in [-0.2, -0.15) is 0 Å². The average molecular weight is 274 g/mol. The van der Waals surface area contributed by atoms with Gasteiger partial charge < -0.3 is 0 Å². The highest BCUT2D eigenvalue weighted by atomic mass is 19.1. The molecule has 0 unspecified atom stereocenters. The molecule has 0 saturated heterocycles. The molecule has 0 aromatic heterocycles. The number of aryl methyl sites for hydroxylation is 2. The van der Waals surface area contributed by atoms with Crippen molar-refractivity contribution in [2.24, 2.45) is 0 Å². The number of Topliss-reactive ketones (excluding diaryl/α,β-unsaturated/α-hetero) is 1. The molecule has 0 aliphatic carbocycles. The van der Waals surface area contributed by atoms with Gasteiger partial charge in [-0.1, -0.05) is 35.4 Å². The SMILES string of the molecule is Cc1cc(C)cc(CC(=O)Cc2c(F)cccc2F)c1. The lowest BCUT2D eigenvalue weighted by Gasteiger charge is -2.06. The van der Waals surface area contributed by atoms with Crippen molar-refractivity contribution in [2.45, 2.75) is 26.7 Å². The smallest absolute Gasteiger partial charge is 0.141 e. The molecule has 0 spiro atoms. The monoisotopic (exact) mass is 274 g/mol. The lowest BCUT2D eigenvalue weighted by Crippen LogP contribution is -2.10. The van der Waals surface area contributed by atoms with Gasteiger partial charge in [0, 0.05) is 18.4 Å². The summed E-state index contributed by atoms with van der Waals surface area (Å²) in [4.78, 5) is 12.0. The van der Waals surface area contributed by atoms with Crippen LogP contribution < -0.4 is 0 Å². The summed E-state index contributed by atoms with van der Waals surface area (Å²) in [5, 5.41) is 0. The largest absolute Gasteiger partial charge is 0.299 e. The van der Waals surface area contributed by atoms with Gasteiger partial charge in [0.2, 0.25) is 0 Å². The van der Waals surface area contributed by atoms with Gasteiger partial charge in [0.15, 0.2) is 0 Å². The minimum absolute atomic E-state index is 0.151. The molecule has 20 heavy (non-hydrogen) atoms. The van der Waals surface area contributed by atoms with Crippen LogP contribution in [0.2, 0.25) is 0 Å². The summed E-state index contributed by atoms with van der Waals surface area (Å²) < 4.78 is 27.0. The van der Waals surface area contributed by atoms with Crippen LogP contribution in [0.1, 0.15) is 22.3 Å². The number of hydrogen-bond donors (Lipinski definition) is 0. The molecule has 0 atom stereocenters. The maximum Gasteiger partial charge on any atom is 0.141 e. The van der Waals surface area contributed by atoms with Crippen molar-refractivity contribution in [3.05, 3.63) is 70.3 Å². The van der Waals surface area contributed by atoms with Crippen LogP contribution in [0.25, 0.3) is 0 Å². The first-order valence-corrected chi connectivity index (χ1v) is 6.47. The standard InChI is InChI=1S/C17H16F2O/c1-11-6-12(2)8-13(7-11)9-14(20)10-15-16(18)4-3-5-17(15)19/h3-8H,9-10H2,1-2H3. The van der Waals surface area contributed by atoms with Crippen LogP contribution in [0, 0.1) is 25.5 Å². The number of carbonyl (C=O) groups excluding carboxylic acids is 1. The fourth-order valence-corrected chi connectivity index (χ4v) is 2.36. The van der Waals surface area contributed by atoms with E-state index in [2.05, 4.69) is 0 Å². The molecule has 0 fully saturated rings. The highest BCUT2D eigenvalue weighted by Gasteiger charge is 2.13. The van der Waals surface area contributed by atoms with E-state index in [1.807, 2.05) is 32.0 Å². The van der Waals surface area contributed by atoms with Crippen LogP contribution in [0.15, 0.2) is 36.4 Å². The third-order valence-electron chi connectivity index (χ3n) is 3.12. The van der Waals surface area contributed by atoms with Crippen LogP contribution in [0.4, 0.5) is 8.78 Å². The zero-order valence-electron chi connectivity index (χ0n) is 11.5. The van der Waals surface area contributed by atoms with E-state index in [-0.39, 0.29) is 24.2 Å². The lowest BCUT2D eigenvalue weighted by atomic mass is 9.99. The maximum atomic E-state index is 13.5. The molecule has 1 nitrogen and oxygen atoms in total. The molecule has 2 aromatic carbocycles. The zero-order chi connectivity index (χ0) is 14.7. The van der Waals surface area contributed by atoms with E-state index in [1.165, 1.54) is 18.2 Å². The summed E-state index contributed by atoms with van der Waals surface area (Å²) in [6.45, 7) is 3.91. The van der Waals surface area contributed by atoms with E-state index >= 15 is 0 Å². The molecule has 0 amide bonds. The van der Waals surface area contributed by atoms with Gasteiger partial charge in [0.1, 0.15) is 17.4 Å². The Morgan fingerprint density at radius 2 is 1.50 bits per heavy atom. The molecule has 0 saturated carbocycles. The van der Waals surface area contributed by atoms with Crippen LogP contribution in [-0.4, -0.2) is 5.78 Å². The molecule has 0 aliphatic heterocycles. The van der Waals surface area contributed by atoms with Gasteiger partial charge in [0.05, 0.1) is 0 Å². The topological polar surface area (TPSA) is 17.1 Å². The number of carbonyl (C=O) groups is 1. The fourth-order valence-electron chi connectivity index (χ4n) is 2.36. The van der Waals surface area contributed by atoms with Crippen LogP contribution in [-0.2, 0) is 17.6 Å². The Balaban J connectivity index is 2.13. The number of rotatable bonds is 4. The molecular formula is C17H16F2O. The number of benzene rings is 2. The van der Waals surface area contributed by atoms with Crippen molar-refractivity contribution >= 4 is 5.78 Å². The normalized spacial score (nSPS) is 10.6. The zero-order valence-corrected chi connectivity index (χ0v) is 11.5. The summed E-state index contributed by atoms with van der Waals surface area (Å²) in [6, 6.07) is 9.49. The van der Waals surface area contributed by atoms with Crippen molar-refractivity contribution < 1.29 is 13.6 Å². The van der Waals surface area contributed by atoms with Crippen LogP contribution in [0.5, 0.6) is 0 Å². The van der Waals surface area contributed by atoms with E-state index < -0.39 is 11.6 Å².